The van der Waals surface area contributed by atoms with Crippen LogP contribution in [0.4, 0.5) is 4.39 Å². The lowest BCUT2D eigenvalue weighted by Crippen LogP contribution is -2.36. The third kappa shape index (κ3) is 2.23. The second kappa shape index (κ2) is 4.87. The van der Waals surface area contributed by atoms with Crippen molar-refractivity contribution in [2.24, 2.45) is 0 Å². The molecule has 8 heteroatoms. The van der Waals surface area contributed by atoms with Crippen molar-refractivity contribution >= 4 is 39.1 Å². The van der Waals surface area contributed by atoms with Crippen LogP contribution in [0.5, 0.6) is 0 Å². The summed E-state index contributed by atoms with van der Waals surface area (Å²) in [5.74, 6) is -1.23. The monoisotopic (exact) mass is 352 g/mol. The van der Waals surface area contributed by atoms with Gasteiger partial charge >= 0.3 is 5.69 Å². The first kappa shape index (κ1) is 13.3. The molecule has 0 fully saturated rings. The summed E-state index contributed by atoms with van der Waals surface area (Å²) >= 11 is 14.3. The van der Waals surface area contributed by atoms with Crippen LogP contribution in [-0.2, 0) is 0 Å². The summed E-state index contributed by atoms with van der Waals surface area (Å²) in [6.45, 7) is 0. The molecule has 0 aliphatic heterocycles. The maximum atomic E-state index is 13.4. The molecule has 0 spiro atoms. The zero-order valence-corrected chi connectivity index (χ0v) is 11.6. The Bertz CT molecular complexity index is 742. The van der Waals surface area contributed by atoms with Crippen LogP contribution in [-0.4, -0.2) is 9.55 Å². The highest BCUT2D eigenvalue weighted by molar-refractivity contribution is 9.10. The van der Waals surface area contributed by atoms with Gasteiger partial charge in [-0.15, -0.1) is 0 Å². The van der Waals surface area contributed by atoms with E-state index in [0.717, 1.165) is 0 Å². The van der Waals surface area contributed by atoms with Crippen LogP contribution < -0.4 is 11.2 Å². The van der Waals surface area contributed by atoms with Crippen LogP contribution in [0.3, 0.4) is 0 Å². The van der Waals surface area contributed by atoms with Crippen LogP contribution in [0, 0.1) is 5.82 Å². The maximum absolute atomic E-state index is 13.4. The molecule has 1 N–H and O–H groups in total. The second-order valence-electron chi connectivity index (χ2n) is 3.29. The first-order valence-corrected chi connectivity index (χ1v) is 6.12. The number of H-pyrrole nitrogens is 1. The molecule has 2 aromatic rings. The Morgan fingerprint density at radius 1 is 1.28 bits per heavy atom. The summed E-state index contributed by atoms with van der Waals surface area (Å²) in [6, 6.07) is 4.45. The van der Waals surface area contributed by atoms with Crippen molar-refractivity contribution in [2.45, 2.75) is 0 Å². The molecule has 1 aromatic heterocycles. The van der Waals surface area contributed by atoms with Gasteiger partial charge in [0, 0.05) is 9.50 Å². The van der Waals surface area contributed by atoms with Gasteiger partial charge in [0.25, 0.3) is 5.56 Å². The molecule has 94 valence electrons. The van der Waals surface area contributed by atoms with E-state index in [1.54, 1.807) is 6.07 Å². The Kier molecular flexibility index (Phi) is 3.61. The molecular formula is C10H4BrCl2FN2O2. The summed E-state index contributed by atoms with van der Waals surface area (Å²) in [7, 11) is 0. The molecule has 2 rings (SSSR count). The molecule has 4 nitrogen and oxygen atoms in total. The maximum Gasteiger partial charge on any atom is 0.334 e. The van der Waals surface area contributed by atoms with E-state index in [0.29, 0.717) is 14.1 Å². The molecule has 0 aliphatic rings. The van der Waals surface area contributed by atoms with E-state index in [-0.39, 0.29) is 5.69 Å². The highest BCUT2D eigenvalue weighted by atomic mass is 79.9. The summed E-state index contributed by atoms with van der Waals surface area (Å²) in [5.41, 5.74) is -1.87. The van der Waals surface area contributed by atoms with Crippen LogP contribution in [0.1, 0.15) is 0 Å². The molecule has 1 aromatic carbocycles. The molecule has 0 amide bonds. The van der Waals surface area contributed by atoms with Gasteiger partial charge in [-0.1, -0.05) is 23.2 Å². The van der Waals surface area contributed by atoms with E-state index >= 15 is 0 Å². The van der Waals surface area contributed by atoms with Crippen molar-refractivity contribution in [1.82, 2.24) is 9.55 Å². The minimum absolute atomic E-state index is 0.129. The van der Waals surface area contributed by atoms with E-state index in [1.807, 2.05) is 4.98 Å². The van der Waals surface area contributed by atoms with Gasteiger partial charge in [0.15, 0.2) is 5.15 Å². The van der Waals surface area contributed by atoms with E-state index in [4.69, 9.17) is 23.2 Å². The van der Waals surface area contributed by atoms with E-state index in [2.05, 4.69) is 15.9 Å². The van der Waals surface area contributed by atoms with Gasteiger partial charge in [-0.2, -0.15) is 4.39 Å². The highest BCUT2D eigenvalue weighted by Crippen LogP contribution is 2.23. The van der Waals surface area contributed by atoms with Gasteiger partial charge in [-0.05, 0) is 34.1 Å². The second-order valence-corrected chi connectivity index (χ2v) is 4.96. The Morgan fingerprint density at radius 3 is 2.61 bits per heavy atom. The first-order valence-electron chi connectivity index (χ1n) is 4.57. The summed E-state index contributed by atoms with van der Waals surface area (Å²) < 4.78 is 14.4. The fraction of sp³-hybridized carbons (Fsp3) is 0. The fourth-order valence-corrected chi connectivity index (χ4v) is 2.12. The number of aromatic nitrogens is 2. The lowest BCUT2D eigenvalue weighted by molar-refractivity contribution is 0.584. The average Bonchev–Trinajstić information content (AvgIpc) is 2.31. The predicted octanol–water partition coefficient (Wildman–Crippen LogP) is 2.73. The van der Waals surface area contributed by atoms with Gasteiger partial charge in [0.1, 0.15) is 0 Å². The number of aromatic amines is 1. The SMILES string of the molecule is O=c1[nH]c(Cl)c(F)c(=O)n1-c1cc(Cl)ccc1Br. The zero-order valence-electron chi connectivity index (χ0n) is 8.51. The van der Waals surface area contributed by atoms with Gasteiger partial charge in [-0.3, -0.25) is 9.78 Å². The van der Waals surface area contributed by atoms with Crippen LogP contribution in [0.25, 0.3) is 5.69 Å². The van der Waals surface area contributed by atoms with E-state index < -0.39 is 22.2 Å². The Hall–Kier alpha value is -1.11. The number of halogens is 4. The summed E-state index contributed by atoms with van der Waals surface area (Å²) in [4.78, 5) is 25.4. The molecule has 0 saturated heterocycles. The van der Waals surface area contributed by atoms with Crippen molar-refractivity contribution in [3.63, 3.8) is 0 Å². The fourth-order valence-electron chi connectivity index (χ4n) is 1.36. The quantitative estimate of drug-likeness (QED) is 0.801. The zero-order chi connectivity index (χ0) is 13.4. The van der Waals surface area contributed by atoms with Gasteiger partial charge < -0.3 is 0 Å². The van der Waals surface area contributed by atoms with Crippen molar-refractivity contribution in [2.75, 3.05) is 0 Å². The molecule has 18 heavy (non-hydrogen) atoms. The summed E-state index contributed by atoms with van der Waals surface area (Å²) in [6.07, 6.45) is 0. The average molecular weight is 354 g/mol. The first-order chi connectivity index (χ1) is 8.41. The smallest absolute Gasteiger partial charge is 0.295 e. The number of nitrogens with zero attached hydrogens (tertiary/aromatic N) is 1. The number of hydrogen-bond acceptors (Lipinski definition) is 2. The molecule has 0 unspecified atom stereocenters. The molecule has 0 aliphatic carbocycles. The van der Waals surface area contributed by atoms with Crippen molar-refractivity contribution in [3.05, 3.63) is 59.5 Å². The topological polar surface area (TPSA) is 54.9 Å². The minimum atomic E-state index is -1.23. The molecule has 0 bridgehead atoms. The minimum Gasteiger partial charge on any atom is -0.295 e. The number of rotatable bonds is 1. The van der Waals surface area contributed by atoms with E-state index in [9.17, 15) is 14.0 Å². The lowest BCUT2D eigenvalue weighted by Gasteiger charge is -2.07. The number of nitrogens with one attached hydrogen (secondary N) is 1. The number of hydrogen-bond donors (Lipinski definition) is 1. The third-order valence-corrected chi connectivity index (χ3v) is 3.32. The molecule has 0 radical (unpaired) electrons. The highest BCUT2D eigenvalue weighted by Gasteiger charge is 2.15. The molecule has 0 saturated carbocycles. The van der Waals surface area contributed by atoms with E-state index in [1.165, 1.54) is 12.1 Å². The van der Waals surface area contributed by atoms with Crippen molar-refractivity contribution < 1.29 is 4.39 Å². The molecule has 0 atom stereocenters. The van der Waals surface area contributed by atoms with Gasteiger partial charge in [-0.25, -0.2) is 9.36 Å². The largest absolute Gasteiger partial charge is 0.334 e. The molecular weight excluding hydrogens is 350 g/mol. The van der Waals surface area contributed by atoms with Crippen LogP contribution in [0.2, 0.25) is 10.2 Å². The van der Waals surface area contributed by atoms with Crippen molar-refractivity contribution in [3.8, 4) is 5.69 Å². The predicted molar refractivity (Wildman–Crippen MR) is 70.3 cm³/mol. The molecule has 1 heterocycles. The number of benzene rings is 1. The van der Waals surface area contributed by atoms with Gasteiger partial charge in [0.05, 0.1) is 5.69 Å². The Morgan fingerprint density at radius 2 is 1.94 bits per heavy atom. The van der Waals surface area contributed by atoms with Crippen molar-refractivity contribution in [1.29, 1.82) is 0 Å². The Labute approximate surface area is 118 Å². The Balaban J connectivity index is 2.88. The normalized spacial score (nSPS) is 10.7. The standard InChI is InChI=1S/C10H4BrCl2FN2O2/c11-5-2-1-4(12)3-6(5)16-9(17)7(14)8(13)15-10(16)18/h1-3H,(H,15,18). The summed E-state index contributed by atoms with van der Waals surface area (Å²) in [5, 5.41) is -0.325. The van der Waals surface area contributed by atoms with Crippen LogP contribution in [0.15, 0.2) is 32.3 Å². The lowest BCUT2D eigenvalue weighted by atomic mass is 10.3. The van der Waals surface area contributed by atoms with Crippen LogP contribution >= 0.6 is 39.1 Å². The van der Waals surface area contributed by atoms with Gasteiger partial charge in [0.2, 0.25) is 5.82 Å². The third-order valence-electron chi connectivity index (χ3n) is 2.15.